The Morgan fingerprint density at radius 1 is 1.11 bits per heavy atom. The lowest BCUT2D eigenvalue weighted by atomic mass is 9.75. The van der Waals surface area contributed by atoms with Crippen molar-refractivity contribution in [3.63, 3.8) is 0 Å². The lowest BCUT2D eigenvalue weighted by Crippen LogP contribution is -2.34. The summed E-state index contributed by atoms with van der Waals surface area (Å²) in [6.45, 7) is 8.01. The Hall–Kier alpha value is 0.250. The summed E-state index contributed by atoms with van der Waals surface area (Å²) >= 11 is 5.67. The zero-order valence-corrected chi connectivity index (χ0v) is 13.2. The lowest BCUT2D eigenvalue weighted by molar-refractivity contribution is -0.0394. The van der Waals surface area contributed by atoms with Gasteiger partial charge in [-0.1, -0.05) is 40.0 Å². The summed E-state index contributed by atoms with van der Waals surface area (Å²) in [5, 5.41) is 0. The molecule has 1 saturated carbocycles. The van der Waals surface area contributed by atoms with Crippen molar-refractivity contribution < 1.29 is 4.74 Å². The Bertz CT molecular complexity index is 205. The fourth-order valence-corrected chi connectivity index (χ4v) is 3.28. The first-order chi connectivity index (χ1) is 8.65. The van der Waals surface area contributed by atoms with Crippen molar-refractivity contribution in [1.29, 1.82) is 0 Å². The van der Waals surface area contributed by atoms with E-state index < -0.39 is 0 Å². The highest BCUT2D eigenvalue weighted by atomic mass is 35.5. The zero-order valence-electron chi connectivity index (χ0n) is 12.5. The largest absolute Gasteiger partial charge is 0.378 e. The molecule has 1 rings (SSSR count). The van der Waals surface area contributed by atoms with Crippen LogP contribution in [0.5, 0.6) is 0 Å². The standard InChI is InChI=1S/C16H31ClO/c1-13(2)15-9-8-14(3)12-16(15)18-11-7-5-4-6-10-17/h13-16H,4-12H2,1-3H3. The maximum Gasteiger partial charge on any atom is 0.0608 e. The number of hydrogen-bond donors (Lipinski definition) is 0. The molecule has 0 spiro atoms. The van der Waals surface area contributed by atoms with Crippen LogP contribution in [-0.4, -0.2) is 18.6 Å². The average molecular weight is 275 g/mol. The Morgan fingerprint density at radius 2 is 1.83 bits per heavy atom. The minimum Gasteiger partial charge on any atom is -0.378 e. The van der Waals surface area contributed by atoms with Crippen molar-refractivity contribution in [2.24, 2.45) is 17.8 Å². The predicted octanol–water partition coefficient (Wildman–Crippen LogP) is 5.26. The van der Waals surface area contributed by atoms with Gasteiger partial charge in [-0.05, 0) is 43.4 Å². The molecule has 0 N–H and O–H groups in total. The second kappa shape index (κ2) is 9.20. The van der Waals surface area contributed by atoms with E-state index in [1.807, 2.05) is 0 Å². The third kappa shape index (κ3) is 5.93. The predicted molar refractivity (Wildman–Crippen MR) is 80.3 cm³/mol. The molecule has 18 heavy (non-hydrogen) atoms. The van der Waals surface area contributed by atoms with Crippen molar-refractivity contribution in [1.82, 2.24) is 0 Å². The molecule has 1 nitrogen and oxygen atoms in total. The first kappa shape index (κ1) is 16.3. The van der Waals surface area contributed by atoms with E-state index in [0.717, 1.165) is 36.7 Å². The van der Waals surface area contributed by atoms with Crippen molar-refractivity contribution in [2.75, 3.05) is 12.5 Å². The summed E-state index contributed by atoms with van der Waals surface area (Å²) in [4.78, 5) is 0. The number of unbranched alkanes of at least 4 members (excludes halogenated alkanes) is 3. The van der Waals surface area contributed by atoms with Gasteiger partial charge in [0.2, 0.25) is 0 Å². The van der Waals surface area contributed by atoms with Crippen LogP contribution in [0.15, 0.2) is 0 Å². The third-order valence-corrected chi connectivity index (χ3v) is 4.59. The molecule has 1 fully saturated rings. The molecule has 1 aliphatic carbocycles. The molecule has 0 radical (unpaired) electrons. The second-order valence-electron chi connectivity index (χ2n) is 6.34. The first-order valence-electron chi connectivity index (χ1n) is 7.82. The molecule has 108 valence electrons. The summed E-state index contributed by atoms with van der Waals surface area (Å²) in [5.41, 5.74) is 0. The topological polar surface area (TPSA) is 9.23 Å². The maximum absolute atomic E-state index is 6.17. The molecule has 0 aromatic heterocycles. The molecule has 0 aromatic carbocycles. The van der Waals surface area contributed by atoms with Gasteiger partial charge in [-0.2, -0.15) is 0 Å². The van der Waals surface area contributed by atoms with E-state index >= 15 is 0 Å². The molecule has 0 heterocycles. The monoisotopic (exact) mass is 274 g/mol. The number of hydrogen-bond acceptors (Lipinski definition) is 1. The molecule has 0 aliphatic heterocycles. The Kier molecular flexibility index (Phi) is 8.33. The van der Waals surface area contributed by atoms with E-state index in [9.17, 15) is 0 Å². The molecule has 0 bridgehead atoms. The van der Waals surface area contributed by atoms with E-state index in [-0.39, 0.29) is 0 Å². The van der Waals surface area contributed by atoms with Gasteiger partial charge in [0.15, 0.2) is 0 Å². The van der Waals surface area contributed by atoms with Gasteiger partial charge in [0.25, 0.3) is 0 Å². The van der Waals surface area contributed by atoms with E-state index in [2.05, 4.69) is 20.8 Å². The van der Waals surface area contributed by atoms with Crippen molar-refractivity contribution in [2.45, 2.75) is 71.8 Å². The lowest BCUT2D eigenvalue weighted by Gasteiger charge is -2.37. The van der Waals surface area contributed by atoms with Gasteiger partial charge in [-0.25, -0.2) is 0 Å². The van der Waals surface area contributed by atoms with Crippen LogP contribution in [0.4, 0.5) is 0 Å². The molecular formula is C16H31ClO. The van der Waals surface area contributed by atoms with Gasteiger partial charge in [-0.3, -0.25) is 0 Å². The maximum atomic E-state index is 6.17. The molecular weight excluding hydrogens is 244 g/mol. The third-order valence-electron chi connectivity index (χ3n) is 4.32. The van der Waals surface area contributed by atoms with Crippen LogP contribution in [0.3, 0.4) is 0 Å². The molecule has 1 aliphatic rings. The highest BCUT2D eigenvalue weighted by molar-refractivity contribution is 6.17. The van der Waals surface area contributed by atoms with Crippen molar-refractivity contribution in [3.8, 4) is 0 Å². The average Bonchev–Trinajstić information content (AvgIpc) is 2.33. The van der Waals surface area contributed by atoms with Crippen LogP contribution >= 0.6 is 11.6 Å². The van der Waals surface area contributed by atoms with Crippen LogP contribution in [0.1, 0.15) is 65.7 Å². The summed E-state index contributed by atoms with van der Waals surface area (Å²) in [6.07, 6.45) is 9.40. The minimum atomic E-state index is 0.516. The van der Waals surface area contributed by atoms with E-state index in [1.165, 1.54) is 38.5 Å². The smallest absolute Gasteiger partial charge is 0.0608 e. The fraction of sp³-hybridized carbons (Fsp3) is 1.00. The summed E-state index contributed by atoms with van der Waals surface area (Å²) in [6, 6.07) is 0. The van der Waals surface area contributed by atoms with Crippen LogP contribution in [0, 0.1) is 17.8 Å². The number of rotatable bonds is 8. The van der Waals surface area contributed by atoms with Gasteiger partial charge < -0.3 is 4.74 Å². The van der Waals surface area contributed by atoms with Crippen LogP contribution < -0.4 is 0 Å². The number of ether oxygens (including phenoxy) is 1. The first-order valence-corrected chi connectivity index (χ1v) is 8.36. The molecule has 0 amide bonds. The van der Waals surface area contributed by atoms with E-state index in [4.69, 9.17) is 16.3 Å². The van der Waals surface area contributed by atoms with Gasteiger partial charge in [-0.15, -0.1) is 11.6 Å². The van der Waals surface area contributed by atoms with Gasteiger partial charge in [0.05, 0.1) is 6.10 Å². The molecule has 3 unspecified atom stereocenters. The summed E-state index contributed by atoms with van der Waals surface area (Å²) < 4.78 is 6.17. The Balaban J connectivity index is 2.20. The van der Waals surface area contributed by atoms with E-state index in [0.29, 0.717) is 6.10 Å². The van der Waals surface area contributed by atoms with Gasteiger partial charge in [0.1, 0.15) is 0 Å². The highest BCUT2D eigenvalue weighted by Gasteiger charge is 2.31. The Morgan fingerprint density at radius 3 is 2.50 bits per heavy atom. The molecule has 3 atom stereocenters. The quantitative estimate of drug-likeness (QED) is 0.433. The van der Waals surface area contributed by atoms with Crippen molar-refractivity contribution >= 4 is 11.6 Å². The number of alkyl halides is 1. The Labute approximate surface area is 119 Å². The van der Waals surface area contributed by atoms with E-state index in [1.54, 1.807) is 0 Å². The normalized spacial score (nSPS) is 28.8. The molecule has 0 aromatic rings. The molecule has 0 saturated heterocycles. The summed E-state index contributed by atoms with van der Waals surface area (Å²) in [7, 11) is 0. The zero-order chi connectivity index (χ0) is 13.4. The molecule has 2 heteroatoms. The fourth-order valence-electron chi connectivity index (χ4n) is 3.09. The van der Waals surface area contributed by atoms with Crippen LogP contribution in [-0.2, 0) is 4.74 Å². The van der Waals surface area contributed by atoms with Gasteiger partial charge in [0, 0.05) is 12.5 Å². The summed E-state index contributed by atoms with van der Waals surface area (Å²) in [5.74, 6) is 3.19. The van der Waals surface area contributed by atoms with Crippen molar-refractivity contribution in [3.05, 3.63) is 0 Å². The number of halogens is 1. The van der Waals surface area contributed by atoms with Gasteiger partial charge >= 0.3 is 0 Å². The van der Waals surface area contributed by atoms with Crippen LogP contribution in [0.25, 0.3) is 0 Å². The SMILES string of the molecule is CC1CCC(C(C)C)C(OCCCCCCCl)C1. The minimum absolute atomic E-state index is 0.516. The van der Waals surface area contributed by atoms with Crippen LogP contribution in [0.2, 0.25) is 0 Å². The second-order valence-corrected chi connectivity index (χ2v) is 6.72. The highest BCUT2D eigenvalue weighted by Crippen LogP contribution is 2.35.